The molecule has 0 aliphatic carbocycles. The molecular weight excluding hydrogens is 334 g/mol. The van der Waals surface area contributed by atoms with Crippen LogP contribution in [0.1, 0.15) is 5.56 Å². The van der Waals surface area contributed by atoms with Crippen molar-refractivity contribution < 1.29 is 14.6 Å². The molecule has 1 fully saturated rings. The average Bonchev–Trinajstić information content (AvgIpc) is 2.82. The van der Waals surface area contributed by atoms with Gasteiger partial charge in [0.1, 0.15) is 0 Å². The summed E-state index contributed by atoms with van der Waals surface area (Å²) in [7, 11) is 1.90. The van der Waals surface area contributed by atoms with E-state index < -0.39 is 11.9 Å². The van der Waals surface area contributed by atoms with Crippen molar-refractivity contribution in [3.63, 3.8) is 0 Å². The van der Waals surface area contributed by atoms with Crippen LogP contribution in [0.25, 0.3) is 0 Å². The molecule has 0 bridgehead atoms. The highest BCUT2D eigenvalue weighted by molar-refractivity contribution is 9.10. The number of aliphatic carboxylic acids is 1. The Morgan fingerprint density at radius 1 is 1.58 bits per heavy atom. The van der Waals surface area contributed by atoms with E-state index in [9.17, 15) is 4.79 Å². The lowest BCUT2D eigenvalue weighted by atomic mass is 10.0. The second-order valence-corrected chi connectivity index (χ2v) is 6.02. The zero-order valence-electron chi connectivity index (χ0n) is 10.5. The van der Waals surface area contributed by atoms with Gasteiger partial charge in [0.05, 0.1) is 19.1 Å². The second kappa shape index (κ2) is 6.22. The lowest BCUT2D eigenvalue weighted by molar-refractivity contribution is -0.143. The number of likely N-dealkylation sites (N-methyl/N-ethyl adjacent to an activating group) is 1. The van der Waals surface area contributed by atoms with E-state index in [1.165, 1.54) is 0 Å². The number of nitrogens with zero attached hydrogens (tertiary/aromatic N) is 1. The fourth-order valence-electron chi connectivity index (χ4n) is 2.25. The van der Waals surface area contributed by atoms with Crippen LogP contribution in [0.3, 0.4) is 0 Å². The Bertz CT molecular complexity index is 483. The van der Waals surface area contributed by atoms with Crippen molar-refractivity contribution >= 4 is 33.5 Å². The zero-order chi connectivity index (χ0) is 14.0. The summed E-state index contributed by atoms with van der Waals surface area (Å²) in [6.07, 6.45) is 0. The number of carbonyl (C=O) groups is 1. The van der Waals surface area contributed by atoms with Crippen LogP contribution in [-0.4, -0.2) is 42.3 Å². The number of hydrogen-bond acceptors (Lipinski definition) is 3. The summed E-state index contributed by atoms with van der Waals surface area (Å²) in [5, 5.41) is 9.82. The lowest BCUT2D eigenvalue weighted by Gasteiger charge is -2.26. The van der Waals surface area contributed by atoms with E-state index in [0.29, 0.717) is 18.2 Å². The first kappa shape index (κ1) is 14.8. The van der Waals surface area contributed by atoms with Crippen LogP contribution in [-0.2, 0) is 16.1 Å². The minimum absolute atomic E-state index is 0.114. The van der Waals surface area contributed by atoms with Crippen molar-refractivity contribution in [2.75, 3.05) is 20.3 Å². The molecule has 2 unspecified atom stereocenters. The fraction of sp³-hybridized carbons (Fsp3) is 0.462. The molecule has 1 heterocycles. The van der Waals surface area contributed by atoms with Gasteiger partial charge in [-0.2, -0.15) is 0 Å². The molecule has 1 saturated heterocycles. The van der Waals surface area contributed by atoms with E-state index in [0.717, 1.165) is 10.0 Å². The molecule has 104 valence electrons. The molecule has 1 aliphatic rings. The summed E-state index contributed by atoms with van der Waals surface area (Å²) >= 11 is 9.54. The molecule has 2 rings (SSSR count). The van der Waals surface area contributed by atoms with Gasteiger partial charge in [-0.1, -0.05) is 33.6 Å². The smallest absolute Gasteiger partial charge is 0.310 e. The second-order valence-electron chi connectivity index (χ2n) is 4.70. The molecule has 2 atom stereocenters. The first-order chi connectivity index (χ1) is 8.99. The quantitative estimate of drug-likeness (QED) is 0.909. The highest BCUT2D eigenvalue weighted by Gasteiger charge is 2.36. The van der Waals surface area contributed by atoms with Gasteiger partial charge < -0.3 is 9.84 Å². The van der Waals surface area contributed by atoms with Crippen LogP contribution in [0.2, 0.25) is 5.02 Å². The SMILES string of the molecule is CN(Cc1ccc(Br)cc1Cl)C1COCC1C(=O)O. The first-order valence-corrected chi connectivity index (χ1v) is 7.11. The molecule has 0 spiro atoms. The highest BCUT2D eigenvalue weighted by atomic mass is 79.9. The van der Waals surface area contributed by atoms with Gasteiger partial charge in [-0.15, -0.1) is 0 Å². The Hall–Kier alpha value is -0.620. The van der Waals surface area contributed by atoms with Gasteiger partial charge in [0.25, 0.3) is 0 Å². The Balaban J connectivity index is 2.08. The monoisotopic (exact) mass is 347 g/mol. The predicted molar refractivity (Wildman–Crippen MR) is 76.4 cm³/mol. The molecule has 1 aliphatic heterocycles. The normalized spacial score (nSPS) is 22.9. The van der Waals surface area contributed by atoms with Crippen molar-refractivity contribution in [1.82, 2.24) is 4.90 Å². The van der Waals surface area contributed by atoms with Crippen molar-refractivity contribution in [1.29, 1.82) is 0 Å². The van der Waals surface area contributed by atoms with Crippen molar-refractivity contribution in [3.05, 3.63) is 33.3 Å². The molecule has 1 aromatic carbocycles. The molecule has 0 radical (unpaired) electrons. The number of hydrogen-bond donors (Lipinski definition) is 1. The number of rotatable bonds is 4. The third-order valence-corrected chi connectivity index (χ3v) is 4.21. The largest absolute Gasteiger partial charge is 0.481 e. The maximum Gasteiger partial charge on any atom is 0.310 e. The first-order valence-electron chi connectivity index (χ1n) is 5.93. The lowest BCUT2D eigenvalue weighted by Crippen LogP contribution is -2.40. The van der Waals surface area contributed by atoms with Crippen LogP contribution in [0, 0.1) is 5.92 Å². The Morgan fingerprint density at radius 3 is 2.95 bits per heavy atom. The Kier molecular flexibility index (Phi) is 4.84. The van der Waals surface area contributed by atoms with E-state index >= 15 is 0 Å². The van der Waals surface area contributed by atoms with Crippen LogP contribution in [0.4, 0.5) is 0 Å². The molecule has 6 heteroatoms. The topological polar surface area (TPSA) is 49.8 Å². The van der Waals surface area contributed by atoms with Gasteiger partial charge in [-0.05, 0) is 24.7 Å². The molecule has 1 aromatic rings. The van der Waals surface area contributed by atoms with Crippen molar-refractivity contribution in [3.8, 4) is 0 Å². The molecule has 4 nitrogen and oxygen atoms in total. The maximum atomic E-state index is 11.1. The third-order valence-electron chi connectivity index (χ3n) is 3.37. The van der Waals surface area contributed by atoms with Crippen LogP contribution in [0.5, 0.6) is 0 Å². The number of benzene rings is 1. The van der Waals surface area contributed by atoms with E-state index in [2.05, 4.69) is 15.9 Å². The molecule has 0 saturated carbocycles. The number of halogens is 2. The summed E-state index contributed by atoms with van der Waals surface area (Å²) in [5.41, 5.74) is 0.975. The van der Waals surface area contributed by atoms with Crippen molar-refractivity contribution in [2.24, 2.45) is 5.92 Å². The number of carboxylic acid groups (broad SMARTS) is 1. The summed E-state index contributed by atoms with van der Waals surface area (Å²) < 4.78 is 6.20. The molecule has 0 aromatic heterocycles. The van der Waals surface area contributed by atoms with Gasteiger partial charge >= 0.3 is 5.97 Å². The molecule has 19 heavy (non-hydrogen) atoms. The fourth-order valence-corrected chi connectivity index (χ4v) is 2.98. The third kappa shape index (κ3) is 3.48. The average molecular weight is 349 g/mol. The minimum Gasteiger partial charge on any atom is -0.481 e. The van der Waals surface area contributed by atoms with E-state index in [1.54, 1.807) is 0 Å². The minimum atomic E-state index is -0.809. The van der Waals surface area contributed by atoms with Crippen LogP contribution < -0.4 is 0 Å². The van der Waals surface area contributed by atoms with Gasteiger partial charge in [0.2, 0.25) is 0 Å². The van der Waals surface area contributed by atoms with Gasteiger partial charge in [0, 0.05) is 22.1 Å². The van der Waals surface area contributed by atoms with Crippen LogP contribution in [0.15, 0.2) is 22.7 Å². The predicted octanol–water partition coefficient (Wildman–Crippen LogP) is 2.63. The summed E-state index contributed by atoms with van der Waals surface area (Å²) in [6.45, 7) is 1.32. The van der Waals surface area contributed by atoms with Crippen molar-refractivity contribution in [2.45, 2.75) is 12.6 Å². The van der Waals surface area contributed by atoms with E-state index in [4.69, 9.17) is 21.4 Å². The Morgan fingerprint density at radius 2 is 2.32 bits per heavy atom. The zero-order valence-corrected chi connectivity index (χ0v) is 12.8. The molecular formula is C13H15BrClNO3. The van der Waals surface area contributed by atoms with Gasteiger partial charge in [-0.3, -0.25) is 9.69 Å². The number of ether oxygens (including phenoxy) is 1. The summed E-state index contributed by atoms with van der Waals surface area (Å²) in [4.78, 5) is 13.1. The standard InChI is InChI=1S/C13H15BrClNO3/c1-16(12-7-19-6-10(12)13(17)18)5-8-2-3-9(14)4-11(8)15/h2-4,10,12H,5-7H2,1H3,(H,17,18). The number of carboxylic acids is 1. The highest BCUT2D eigenvalue weighted by Crippen LogP contribution is 2.25. The summed E-state index contributed by atoms with van der Waals surface area (Å²) in [5.74, 6) is -1.28. The molecule has 1 N–H and O–H groups in total. The van der Waals surface area contributed by atoms with E-state index in [1.807, 2.05) is 30.1 Å². The summed E-state index contributed by atoms with van der Waals surface area (Å²) in [6, 6.07) is 5.59. The Labute approximate surface area is 125 Å². The molecule has 0 amide bonds. The van der Waals surface area contributed by atoms with Gasteiger partial charge in [0.15, 0.2) is 0 Å². The van der Waals surface area contributed by atoms with Crippen LogP contribution >= 0.6 is 27.5 Å². The maximum absolute atomic E-state index is 11.1. The van der Waals surface area contributed by atoms with Gasteiger partial charge in [-0.25, -0.2) is 0 Å². The van der Waals surface area contributed by atoms with E-state index in [-0.39, 0.29) is 12.6 Å².